The largest absolute Gasteiger partial charge is 0.334 e. The second-order valence-corrected chi connectivity index (χ2v) is 10.2. The highest BCUT2D eigenvalue weighted by molar-refractivity contribution is 7.89. The Morgan fingerprint density at radius 3 is 2.33 bits per heavy atom. The Labute approximate surface area is 178 Å². The Bertz CT molecular complexity index is 1070. The first-order valence-corrected chi connectivity index (χ1v) is 11.9. The quantitative estimate of drug-likeness (QED) is 0.581. The monoisotopic (exact) mass is 425 g/mol. The number of benzene rings is 2. The van der Waals surface area contributed by atoms with Crippen molar-refractivity contribution in [1.29, 1.82) is 0 Å². The molecule has 6 nitrogen and oxygen atoms in total. The Morgan fingerprint density at radius 2 is 1.70 bits per heavy atom. The first kappa shape index (κ1) is 20.8. The lowest BCUT2D eigenvalue weighted by Crippen LogP contribution is -2.38. The molecule has 1 saturated heterocycles. The fourth-order valence-corrected chi connectivity index (χ4v) is 5.34. The summed E-state index contributed by atoms with van der Waals surface area (Å²) in [5, 5.41) is 4.14. The molecule has 3 aromatic rings. The number of hydrogen-bond acceptors (Lipinski definition) is 5. The van der Waals surface area contributed by atoms with Gasteiger partial charge in [0.25, 0.3) is 5.89 Å². The third-order valence-corrected chi connectivity index (χ3v) is 7.40. The van der Waals surface area contributed by atoms with Gasteiger partial charge in [0.1, 0.15) is 0 Å². The third kappa shape index (κ3) is 4.47. The molecule has 0 aliphatic carbocycles. The van der Waals surface area contributed by atoms with Gasteiger partial charge in [0, 0.05) is 24.6 Å². The summed E-state index contributed by atoms with van der Waals surface area (Å²) >= 11 is 0. The fraction of sp³-hybridized carbons (Fsp3) is 0.391. The number of rotatable bonds is 6. The molecule has 1 aliphatic rings. The van der Waals surface area contributed by atoms with Crippen molar-refractivity contribution in [2.45, 2.75) is 43.9 Å². The van der Waals surface area contributed by atoms with Crippen LogP contribution in [0.2, 0.25) is 0 Å². The van der Waals surface area contributed by atoms with Crippen LogP contribution in [0.3, 0.4) is 0 Å². The van der Waals surface area contributed by atoms with E-state index in [0.717, 1.165) is 17.5 Å². The van der Waals surface area contributed by atoms with Crippen LogP contribution in [0.15, 0.2) is 64.0 Å². The minimum atomic E-state index is -3.48. The molecule has 0 bridgehead atoms. The third-order valence-electron chi connectivity index (χ3n) is 5.49. The standard InChI is InChI=1S/C23H27N3O3S/c1-17(2)16-18-8-10-21(11-9-18)30(27,28)26-14-12-19(13-15-26)22-24-23(29-25-22)20-6-4-3-5-7-20/h3-11,17,19H,12-16H2,1-2H3. The minimum Gasteiger partial charge on any atom is -0.334 e. The number of nitrogens with zero attached hydrogens (tertiary/aromatic N) is 3. The van der Waals surface area contributed by atoms with E-state index in [2.05, 4.69) is 24.0 Å². The van der Waals surface area contributed by atoms with Crippen molar-refractivity contribution in [1.82, 2.24) is 14.4 Å². The molecule has 0 spiro atoms. The number of aromatic nitrogens is 2. The Balaban J connectivity index is 1.41. The van der Waals surface area contributed by atoms with Gasteiger partial charge in [-0.05, 0) is 55.0 Å². The molecule has 7 heteroatoms. The van der Waals surface area contributed by atoms with Crippen LogP contribution >= 0.6 is 0 Å². The van der Waals surface area contributed by atoms with Crippen LogP contribution < -0.4 is 0 Å². The Morgan fingerprint density at radius 1 is 1.03 bits per heavy atom. The lowest BCUT2D eigenvalue weighted by Gasteiger charge is -2.29. The molecule has 2 heterocycles. The summed E-state index contributed by atoms with van der Waals surface area (Å²) < 4.78 is 33.0. The van der Waals surface area contributed by atoms with Crippen molar-refractivity contribution in [3.8, 4) is 11.5 Å². The second kappa shape index (κ2) is 8.70. The summed E-state index contributed by atoms with van der Waals surface area (Å²) in [4.78, 5) is 4.90. The zero-order valence-electron chi connectivity index (χ0n) is 17.4. The van der Waals surface area contributed by atoms with Gasteiger partial charge in [-0.25, -0.2) is 8.42 Å². The summed E-state index contributed by atoms with van der Waals surface area (Å²) in [7, 11) is -3.48. The van der Waals surface area contributed by atoms with Crippen molar-refractivity contribution >= 4 is 10.0 Å². The van der Waals surface area contributed by atoms with E-state index in [-0.39, 0.29) is 5.92 Å². The van der Waals surface area contributed by atoms with Crippen LogP contribution in [0.5, 0.6) is 0 Å². The molecule has 0 radical (unpaired) electrons. The molecule has 4 rings (SSSR count). The minimum absolute atomic E-state index is 0.103. The molecule has 1 aliphatic heterocycles. The average Bonchev–Trinajstić information content (AvgIpc) is 3.25. The van der Waals surface area contributed by atoms with E-state index in [0.29, 0.717) is 48.5 Å². The van der Waals surface area contributed by atoms with Gasteiger partial charge in [-0.3, -0.25) is 0 Å². The molecule has 0 saturated carbocycles. The Hall–Kier alpha value is -2.51. The smallest absolute Gasteiger partial charge is 0.257 e. The van der Waals surface area contributed by atoms with Crippen LogP contribution in [0.1, 0.15) is 44.0 Å². The lowest BCUT2D eigenvalue weighted by molar-refractivity contribution is 0.307. The van der Waals surface area contributed by atoms with Gasteiger partial charge in [-0.1, -0.05) is 49.3 Å². The van der Waals surface area contributed by atoms with Gasteiger partial charge in [0.2, 0.25) is 10.0 Å². The van der Waals surface area contributed by atoms with E-state index in [4.69, 9.17) is 4.52 Å². The Kier molecular flexibility index (Phi) is 6.01. The summed E-state index contributed by atoms with van der Waals surface area (Å²) in [6, 6.07) is 16.9. The normalized spacial score (nSPS) is 16.2. The molecule has 1 fully saturated rings. The van der Waals surface area contributed by atoms with E-state index in [9.17, 15) is 8.42 Å². The highest BCUT2D eigenvalue weighted by Gasteiger charge is 2.31. The summed E-state index contributed by atoms with van der Waals surface area (Å²) in [6.45, 7) is 5.22. The van der Waals surface area contributed by atoms with E-state index < -0.39 is 10.0 Å². The number of sulfonamides is 1. The zero-order valence-corrected chi connectivity index (χ0v) is 18.2. The number of piperidine rings is 1. The summed E-state index contributed by atoms with van der Waals surface area (Å²) in [6.07, 6.45) is 2.30. The molecule has 0 amide bonds. The molecule has 30 heavy (non-hydrogen) atoms. The summed E-state index contributed by atoms with van der Waals surface area (Å²) in [5.41, 5.74) is 2.05. The van der Waals surface area contributed by atoms with Crippen molar-refractivity contribution < 1.29 is 12.9 Å². The van der Waals surface area contributed by atoms with Crippen LogP contribution in [0, 0.1) is 5.92 Å². The zero-order chi connectivity index (χ0) is 21.1. The topological polar surface area (TPSA) is 76.3 Å². The molecule has 0 unspecified atom stereocenters. The van der Waals surface area contributed by atoms with Crippen LogP contribution in [0.25, 0.3) is 11.5 Å². The molecular formula is C23H27N3O3S. The number of hydrogen-bond donors (Lipinski definition) is 0. The highest BCUT2D eigenvalue weighted by atomic mass is 32.2. The van der Waals surface area contributed by atoms with Gasteiger partial charge < -0.3 is 4.52 Å². The lowest BCUT2D eigenvalue weighted by atomic mass is 9.97. The van der Waals surface area contributed by atoms with E-state index in [1.165, 1.54) is 0 Å². The van der Waals surface area contributed by atoms with E-state index in [1.807, 2.05) is 42.5 Å². The first-order valence-electron chi connectivity index (χ1n) is 10.4. The molecular weight excluding hydrogens is 398 g/mol. The second-order valence-electron chi connectivity index (χ2n) is 8.24. The molecule has 0 N–H and O–H groups in total. The van der Waals surface area contributed by atoms with Crippen molar-refractivity contribution in [3.63, 3.8) is 0 Å². The van der Waals surface area contributed by atoms with E-state index in [1.54, 1.807) is 16.4 Å². The SMILES string of the molecule is CC(C)Cc1ccc(S(=O)(=O)N2CCC(c3noc(-c4ccccc4)n3)CC2)cc1. The molecule has 0 atom stereocenters. The molecule has 2 aromatic carbocycles. The van der Waals surface area contributed by atoms with Crippen LogP contribution in [0.4, 0.5) is 0 Å². The van der Waals surface area contributed by atoms with E-state index >= 15 is 0 Å². The van der Waals surface area contributed by atoms with Gasteiger partial charge in [-0.2, -0.15) is 9.29 Å². The van der Waals surface area contributed by atoms with Gasteiger partial charge in [0.15, 0.2) is 5.82 Å². The van der Waals surface area contributed by atoms with Crippen molar-refractivity contribution in [2.75, 3.05) is 13.1 Å². The first-order chi connectivity index (χ1) is 14.4. The van der Waals surface area contributed by atoms with Crippen molar-refractivity contribution in [2.24, 2.45) is 5.92 Å². The van der Waals surface area contributed by atoms with Crippen LogP contribution in [-0.4, -0.2) is 36.0 Å². The summed E-state index contributed by atoms with van der Waals surface area (Å²) in [5.74, 6) is 1.80. The molecule has 1 aromatic heterocycles. The van der Waals surface area contributed by atoms with Crippen LogP contribution in [-0.2, 0) is 16.4 Å². The van der Waals surface area contributed by atoms with Crippen molar-refractivity contribution in [3.05, 3.63) is 66.0 Å². The average molecular weight is 426 g/mol. The van der Waals surface area contributed by atoms with Gasteiger partial charge in [0.05, 0.1) is 4.90 Å². The fourth-order valence-electron chi connectivity index (χ4n) is 3.87. The maximum absolute atomic E-state index is 13.0. The maximum Gasteiger partial charge on any atom is 0.257 e. The van der Waals surface area contributed by atoms with Gasteiger partial charge >= 0.3 is 0 Å². The predicted molar refractivity (Wildman–Crippen MR) is 115 cm³/mol. The highest BCUT2D eigenvalue weighted by Crippen LogP contribution is 2.30. The molecule has 158 valence electrons. The maximum atomic E-state index is 13.0. The van der Waals surface area contributed by atoms with Gasteiger partial charge in [-0.15, -0.1) is 0 Å². The predicted octanol–water partition coefficient (Wildman–Crippen LogP) is 4.50.